The summed E-state index contributed by atoms with van der Waals surface area (Å²) < 4.78 is 3.33. The van der Waals surface area contributed by atoms with Gasteiger partial charge in [0.15, 0.2) is 0 Å². The van der Waals surface area contributed by atoms with Crippen molar-refractivity contribution in [2.24, 2.45) is 0 Å². The molecule has 112 valence electrons. The number of hydrogen-bond acceptors (Lipinski definition) is 2. The molecule has 1 N–H and O–H groups in total. The summed E-state index contributed by atoms with van der Waals surface area (Å²) in [6.45, 7) is 6.08. The summed E-state index contributed by atoms with van der Waals surface area (Å²) >= 11 is 0. The second kappa shape index (κ2) is 5.99. The van der Waals surface area contributed by atoms with Gasteiger partial charge in [-0.1, -0.05) is 24.3 Å². The largest absolute Gasteiger partial charge is 0.481 e. The van der Waals surface area contributed by atoms with Crippen molar-refractivity contribution in [1.82, 2.24) is 9.13 Å². The van der Waals surface area contributed by atoms with Crippen molar-refractivity contribution in [3.05, 3.63) is 58.3 Å². The molecule has 5 nitrogen and oxygen atoms in total. The van der Waals surface area contributed by atoms with Crippen LogP contribution in [0.2, 0.25) is 0 Å². The van der Waals surface area contributed by atoms with Crippen LogP contribution in [-0.4, -0.2) is 20.2 Å². The molecule has 0 aliphatic rings. The summed E-state index contributed by atoms with van der Waals surface area (Å²) in [5, 5.41) is 8.98. The Balaban J connectivity index is 2.18. The van der Waals surface area contributed by atoms with Gasteiger partial charge in [-0.3, -0.25) is 13.9 Å². The van der Waals surface area contributed by atoms with Crippen LogP contribution in [0.1, 0.15) is 43.9 Å². The summed E-state index contributed by atoms with van der Waals surface area (Å²) in [4.78, 5) is 23.1. The zero-order chi connectivity index (χ0) is 15.6. The molecule has 0 amide bonds. The standard InChI is InChI=1S/C16H20N2O3/c1-11(2)18-9-8-17(16(18)21)10-13-4-6-14(7-5-13)12(3)15(19)20/h4-9,11-12H,10H2,1-3H3,(H,19,20). The molecule has 0 aliphatic carbocycles. The van der Waals surface area contributed by atoms with E-state index >= 15 is 0 Å². The van der Waals surface area contributed by atoms with Crippen LogP contribution in [0.3, 0.4) is 0 Å². The topological polar surface area (TPSA) is 64.2 Å². The minimum atomic E-state index is -0.840. The molecular formula is C16H20N2O3. The molecule has 1 aromatic heterocycles. The normalized spacial score (nSPS) is 12.6. The van der Waals surface area contributed by atoms with Crippen molar-refractivity contribution in [1.29, 1.82) is 0 Å². The predicted octanol–water partition coefficient (Wildman–Crippen LogP) is 2.47. The van der Waals surface area contributed by atoms with E-state index in [-0.39, 0.29) is 11.7 Å². The SMILES string of the molecule is CC(C(=O)O)c1ccc(Cn2ccn(C(C)C)c2=O)cc1. The molecule has 0 aliphatic heterocycles. The number of benzene rings is 1. The number of aliphatic carboxylic acids is 1. The van der Waals surface area contributed by atoms with Crippen LogP contribution >= 0.6 is 0 Å². The number of nitrogens with zero attached hydrogens (tertiary/aromatic N) is 2. The van der Waals surface area contributed by atoms with Gasteiger partial charge in [0.05, 0.1) is 12.5 Å². The maximum atomic E-state index is 12.1. The van der Waals surface area contributed by atoms with E-state index in [1.165, 1.54) is 0 Å². The Morgan fingerprint density at radius 1 is 1.14 bits per heavy atom. The van der Waals surface area contributed by atoms with E-state index in [2.05, 4.69) is 0 Å². The van der Waals surface area contributed by atoms with Crippen LogP contribution in [0.15, 0.2) is 41.5 Å². The number of carbonyl (C=O) groups is 1. The fraction of sp³-hybridized carbons (Fsp3) is 0.375. The predicted molar refractivity (Wildman–Crippen MR) is 80.7 cm³/mol. The highest BCUT2D eigenvalue weighted by Gasteiger charge is 2.13. The van der Waals surface area contributed by atoms with E-state index in [1.54, 1.807) is 40.6 Å². The third-order valence-corrected chi connectivity index (χ3v) is 3.63. The number of aromatic nitrogens is 2. The Labute approximate surface area is 123 Å². The molecule has 0 bridgehead atoms. The first kappa shape index (κ1) is 15.1. The van der Waals surface area contributed by atoms with Gasteiger partial charge in [-0.25, -0.2) is 4.79 Å². The van der Waals surface area contributed by atoms with Crippen LogP contribution in [0, 0.1) is 0 Å². The van der Waals surface area contributed by atoms with Crippen molar-refractivity contribution in [3.8, 4) is 0 Å². The Kier molecular flexibility index (Phi) is 4.31. The summed E-state index contributed by atoms with van der Waals surface area (Å²) in [6.07, 6.45) is 3.56. The molecular weight excluding hydrogens is 268 g/mol. The minimum Gasteiger partial charge on any atom is -0.481 e. The van der Waals surface area contributed by atoms with Gasteiger partial charge in [-0.2, -0.15) is 0 Å². The highest BCUT2D eigenvalue weighted by Crippen LogP contribution is 2.16. The minimum absolute atomic E-state index is 0.0343. The quantitative estimate of drug-likeness (QED) is 0.919. The average molecular weight is 288 g/mol. The molecule has 0 saturated carbocycles. The lowest BCUT2D eigenvalue weighted by Gasteiger charge is -2.08. The Morgan fingerprint density at radius 3 is 2.24 bits per heavy atom. The molecule has 0 saturated heterocycles. The third-order valence-electron chi connectivity index (χ3n) is 3.63. The van der Waals surface area contributed by atoms with Crippen molar-refractivity contribution < 1.29 is 9.90 Å². The molecule has 0 spiro atoms. The summed E-state index contributed by atoms with van der Waals surface area (Å²) in [5.74, 6) is -1.36. The van der Waals surface area contributed by atoms with Gasteiger partial charge in [-0.15, -0.1) is 0 Å². The second-order valence-electron chi connectivity index (χ2n) is 5.51. The first-order chi connectivity index (χ1) is 9.90. The number of hydrogen-bond donors (Lipinski definition) is 1. The number of imidazole rings is 1. The lowest BCUT2D eigenvalue weighted by atomic mass is 10.0. The fourth-order valence-corrected chi connectivity index (χ4v) is 2.19. The third kappa shape index (κ3) is 3.24. The van der Waals surface area contributed by atoms with E-state index in [9.17, 15) is 9.59 Å². The monoisotopic (exact) mass is 288 g/mol. The van der Waals surface area contributed by atoms with Gasteiger partial charge in [-0.05, 0) is 31.9 Å². The van der Waals surface area contributed by atoms with Gasteiger partial charge in [0.1, 0.15) is 0 Å². The summed E-state index contributed by atoms with van der Waals surface area (Å²) in [6, 6.07) is 7.48. The van der Waals surface area contributed by atoms with Gasteiger partial charge in [0.25, 0.3) is 0 Å². The van der Waals surface area contributed by atoms with Crippen LogP contribution in [0.25, 0.3) is 0 Å². The molecule has 21 heavy (non-hydrogen) atoms. The highest BCUT2D eigenvalue weighted by atomic mass is 16.4. The van der Waals surface area contributed by atoms with E-state index in [0.717, 1.165) is 11.1 Å². The first-order valence-electron chi connectivity index (χ1n) is 6.99. The molecule has 0 radical (unpaired) electrons. The van der Waals surface area contributed by atoms with E-state index in [1.807, 2.05) is 26.0 Å². The van der Waals surface area contributed by atoms with Gasteiger partial charge < -0.3 is 5.11 Å². The van der Waals surface area contributed by atoms with Gasteiger partial charge >= 0.3 is 11.7 Å². The lowest BCUT2D eigenvalue weighted by molar-refractivity contribution is -0.138. The van der Waals surface area contributed by atoms with Crippen LogP contribution in [-0.2, 0) is 11.3 Å². The second-order valence-corrected chi connectivity index (χ2v) is 5.51. The summed E-state index contributed by atoms with van der Waals surface area (Å²) in [7, 11) is 0. The smallest absolute Gasteiger partial charge is 0.328 e. The zero-order valence-electron chi connectivity index (χ0n) is 12.5. The Morgan fingerprint density at radius 2 is 1.76 bits per heavy atom. The van der Waals surface area contributed by atoms with E-state index in [0.29, 0.717) is 6.54 Å². The van der Waals surface area contributed by atoms with Gasteiger partial charge in [0.2, 0.25) is 0 Å². The number of carboxylic acids is 1. The fourth-order valence-electron chi connectivity index (χ4n) is 2.19. The van der Waals surface area contributed by atoms with Crippen LogP contribution < -0.4 is 5.69 Å². The van der Waals surface area contributed by atoms with Crippen molar-refractivity contribution in [2.75, 3.05) is 0 Å². The Hall–Kier alpha value is -2.30. The zero-order valence-corrected chi connectivity index (χ0v) is 12.5. The van der Waals surface area contributed by atoms with E-state index in [4.69, 9.17) is 5.11 Å². The number of rotatable bonds is 5. The van der Waals surface area contributed by atoms with Crippen molar-refractivity contribution in [2.45, 2.75) is 39.3 Å². The molecule has 5 heteroatoms. The maximum absolute atomic E-state index is 12.1. The van der Waals surface area contributed by atoms with Crippen LogP contribution in [0.5, 0.6) is 0 Å². The summed E-state index contributed by atoms with van der Waals surface area (Å²) in [5.41, 5.74) is 1.70. The van der Waals surface area contributed by atoms with Gasteiger partial charge in [0, 0.05) is 18.4 Å². The molecule has 2 rings (SSSR count). The lowest BCUT2D eigenvalue weighted by Crippen LogP contribution is -2.25. The van der Waals surface area contributed by atoms with Crippen molar-refractivity contribution in [3.63, 3.8) is 0 Å². The Bertz CT molecular complexity index is 680. The molecule has 1 aromatic carbocycles. The molecule has 1 heterocycles. The molecule has 2 aromatic rings. The maximum Gasteiger partial charge on any atom is 0.328 e. The molecule has 1 atom stereocenters. The first-order valence-corrected chi connectivity index (χ1v) is 6.99. The highest BCUT2D eigenvalue weighted by molar-refractivity contribution is 5.75. The van der Waals surface area contributed by atoms with E-state index < -0.39 is 11.9 Å². The average Bonchev–Trinajstić information content (AvgIpc) is 2.80. The molecule has 1 unspecified atom stereocenters. The molecule has 0 fully saturated rings. The number of carboxylic acid groups (broad SMARTS) is 1. The van der Waals surface area contributed by atoms with Crippen molar-refractivity contribution >= 4 is 5.97 Å². The van der Waals surface area contributed by atoms with Crippen LogP contribution in [0.4, 0.5) is 0 Å².